The molecule has 0 aromatic heterocycles. The summed E-state index contributed by atoms with van der Waals surface area (Å²) >= 11 is 0. The summed E-state index contributed by atoms with van der Waals surface area (Å²) in [6, 6.07) is 0. The number of hydrogen-bond donors (Lipinski definition) is 2. The van der Waals surface area contributed by atoms with Gasteiger partial charge in [-0.2, -0.15) is 0 Å². The summed E-state index contributed by atoms with van der Waals surface area (Å²) in [6.07, 6.45) is 1.12. The molecule has 1 heterocycles. The third kappa shape index (κ3) is 10.5. The van der Waals surface area contributed by atoms with Crippen LogP contribution in [0.25, 0.3) is 0 Å². The van der Waals surface area contributed by atoms with E-state index in [0.717, 1.165) is 59.0 Å². The van der Waals surface area contributed by atoms with Crippen molar-refractivity contribution in [2.75, 3.05) is 73.2 Å². The topological polar surface area (TPSA) is 78.4 Å². The molecule has 1 aliphatic rings. The summed E-state index contributed by atoms with van der Waals surface area (Å²) in [6.45, 7) is 13.2. The number of carbonyl (C=O) groups excluding carboxylic acids is 1. The average molecular weight is 386 g/mol. The largest absolute Gasteiger partial charge is 0.379 e. The maximum atomic E-state index is 11.8. The Morgan fingerprint density at radius 3 is 2.48 bits per heavy atom. The number of aliphatic imine (C=N–C) groups is 1. The third-order valence-electron chi connectivity index (χ3n) is 4.54. The Hall–Kier alpha value is -1.38. The summed E-state index contributed by atoms with van der Waals surface area (Å²) in [7, 11) is 3.48. The lowest BCUT2D eigenvalue weighted by Gasteiger charge is -2.27. The van der Waals surface area contributed by atoms with Crippen molar-refractivity contribution in [3.8, 4) is 0 Å². The summed E-state index contributed by atoms with van der Waals surface area (Å²) < 4.78 is 11.2. The zero-order valence-corrected chi connectivity index (χ0v) is 17.8. The van der Waals surface area contributed by atoms with Gasteiger partial charge in [-0.3, -0.25) is 9.69 Å². The number of rotatable bonds is 11. The number of ether oxygens (including phenoxy) is 2. The van der Waals surface area contributed by atoms with Crippen LogP contribution in [-0.2, 0) is 14.3 Å². The molecule has 0 saturated carbocycles. The molecule has 2 N–H and O–H groups in total. The number of carbonyl (C=O) groups is 1. The average Bonchev–Trinajstić information content (AvgIpc) is 2.65. The second-order valence-electron chi connectivity index (χ2n) is 7.29. The van der Waals surface area contributed by atoms with Crippen molar-refractivity contribution in [2.24, 2.45) is 10.9 Å². The summed E-state index contributed by atoms with van der Waals surface area (Å²) in [5, 5.41) is 6.68. The Bertz CT molecular complexity index is 437. The molecule has 1 aliphatic heterocycles. The molecule has 158 valence electrons. The number of guanidine groups is 1. The first-order chi connectivity index (χ1) is 12.9. The van der Waals surface area contributed by atoms with Crippen LogP contribution in [0.5, 0.6) is 0 Å². The van der Waals surface area contributed by atoms with Crippen LogP contribution in [0.15, 0.2) is 4.99 Å². The standard InChI is InChI=1S/C19H39N5O3/c1-6-27-17(16(2)3)7-8-20-19(22-15-18(25)23(4)5)21-9-10-24-11-13-26-14-12-24/h16-17H,6-15H2,1-5H3,(H2,20,21,22). The van der Waals surface area contributed by atoms with Gasteiger partial charge < -0.3 is 25.0 Å². The molecule has 0 spiro atoms. The molecular weight excluding hydrogens is 346 g/mol. The van der Waals surface area contributed by atoms with Gasteiger partial charge in [0, 0.05) is 53.4 Å². The van der Waals surface area contributed by atoms with Crippen molar-refractivity contribution in [2.45, 2.75) is 33.3 Å². The number of nitrogens with one attached hydrogen (secondary N) is 2. The number of amides is 1. The molecule has 1 saturated heterocycles. The van der Waals surface area contributed by atoms with Crippen molar-refractivity contribution < 1.29 is 14.3 Å². The lowest BCUT2D eigenvalue weighted by Crippen LogP contribution is -2.45. The summed E-state index contributed by atoms with van der Waals surface area (Å²) in [4.78, 5) is 20.2. The van der Waals surface area contributed by atoms with E-state index in [2.05, 4.69) is 34.4 Å². The van der Waals surface area contributed by atoms with Gasteiger partial charge in [0.15, 0.2) is 5.96 Å². The first kappa shape index (κ1) is 23.7. The van der Waals surface area contributed by atoms with Gasteiger partial charge >= 0.3 is 0 Å². The van der Waals surface area contributed by atoms with E-state index in [0.29, 0.717) is 11.9 Å². The van der Waals surface area contributed by atoms with Gasteiger partial charge in [-0.15, -0.1) is 0 Å². The van der Waals surface area contributed by atoms with Gasteiger partial charge in [0.05, 0.1) is 19.3 Å². The molecule has 8 heteroatoms. The lowest BCUT2D eigenvalue weighted by molar-refractivity contribution is -0.127. The fraction of sp³-hybridized carbons (Fsp3) is 0.895. The van der Waals surface area contributed by atoms with Crippen LogP contribution in [0.3, 0.4) is 0 Å². The van der Waals surface area contributed by atoms with Crippen molar-refractivity contribution in [3.63, 3.8) is 0 Å². The predicted molar refractivity (Wildman–Crippen MR) is 109 cm³/mol. The SMILES string of the molecule is CCOC(CCNC(=NCC(=O)N(C)C)NCCN1CCOCC1)C(C)C. The van der Waals surface area contributed by atoms with E-state index in [1.54, 1.807) is 19.0 Å². The van der Waals surface area contributed by atoms with E-state index in [-0.39, 0.29) is 18.6 Å². The van der Waals surface area contributed by atoms with Crippen molar-refractivity contribution in [1.29, 1.82) is 0 Å². The second kappa shape index (κ2) is 13.7. The molecule has 8 nitrogen and oxygen atoms in total. The van der Waals surface area contributed by atoms with Crippen LogP contribution in [0.2, 0.25) is 0 Å². The van der Waals surface area contributed by atoms with Gasteiger partial charge in [-0.1, -0.05) is 13.8 Å². The Kier molecular flexibility index (Phi) is 12.0. The lowest BCUT2D eigenvalue weighted by atomic mass is 10.0. The van der Waals surface area contributed by atoms with E-state index < -0.39 is 0 Å². The molecule has 0 aliphatic carbocycles. The van der Waals surface area contributed by atoms with E-state index in [1.807, 2.05) is 6.92 Å². The van der Waals surface area contributed by atoms with Gasteiger partial charge in [0.2, 0.25) is 5.91 Å². The van der Waals surface area contributed by atoms with Gasteiger partial charge in [0.25, 0.3) is 0 Å². The molecule has 27 heavy (non-hydrogen) atoms. The Labute approximate surface area is 164 Å². The minimum atomic E-state index is -0.0151. The highest BCUT2D eigenvalue weighted by Gasteiger charge is 2.14. The van der Waals surface area contributed by atoms with Crippen LogP contribution < -0.4 is 10.6 Å². The maximum absolute atomic E-state index is 11.8. The van der Waals surface area contributed by atoms with Gasteiger partial charge in [-0.05, 0) is 19.3 Å². The minimum absolute atomic E-state index is 0.0151. The van der Waals surface area contributed by atoms with Crippen molar-refractivity contribution in [3.05, 3.63) is 0 Å². The van der Waals surface area contributed by atoms with Crippen LogP contribution in [0, 0.1) is 5.92 Å². The van der Waals surface area contributed by atoms with E-state index in [4.69, 9.17) is 9.47 Å². The molecule has 1 unspecified atom stereocenters. The smallest absolute Gasteiger partial charge is 0.243 e. The normalized spacial score (nSPS) is 17.0. The van der Waals surface area contributed by atoms with Crippen LogP contribution in [-0.4, -0.2) is 101 Å². The number of likely N-dealkylation sites (N-methyl/N-ethyl adjacent to an activating group) is 1. The van der Waals surface area contributed by atoms with Crippen molar-refractivity contribution >= 4 is 11.9 Å². The number of morpholine rings is 1. The fourth-order valence-electron chi connectivity index (χ4n) is 2.78. The van der Waals surface area contributed by atoms with Crippen molar-refractivity contribution in [1.82, 2.24) is 20.4 Å². The molecule has 0 bridgehead atoms. The Balaban J connectivity index is 2.48. The highest BCUT2D eigenvalue weighted by Crippen LogP contribution is 2.09. The van der Waals surface area contributed by atoms with Crippen LogP contribution in [0.1, 0.15) is 27.2 Å². The molecule has 1 rings (SSSR count). The fourth-order valence-corrected chi connectivity index (χ4v) is 2.78. The zero-order valence-electron chi connectivity index (χ0n) is 17.8. The molecule has 0 radical (unpaired) electrons. The summed E-state index contributed by atoms with van der Waals surface area (Å²) in [5.74, 6) is 1.13. The molecule has 0 aromatic rings. The van der Waals surface area contributed by atoms with Crippen LogP contribution >= 0.6 is 0 Å². The van der Waals surface area contributed by atoms with Gasteiger partial charge in [-0.25, -0.2) is 4.99 Å². The molecular formula is C19H39N5O3. The molecule has 1 fully saturated rings. The predicted octanol–water partition coefficient (Wildman–Crippen LogP) is 0.393. The van der Waals surface area contributed by atoms with E-state index in [1.165, 1.54) is 0 Å². The van der Waals surface area contributed by atoms with Crippen LogP contribution in [0.4, 0.5) is 0 Å². The zero-order chi connectivity index (χ0) is 20.1. The third-order valence-corrected chi connectivity index (χ3v) is 4.54. The highest BCUT2D eigenvalue weighted by molar-refractivity contribution is 5.84. The molecule has 0 aromatic carbocycles. The van der Waals surface area contributed by atoms with E-state index in [9.17, 15) is 4.79 Å². The Morgan fingerprint density at radius 1 is 1.22 bits per heavy atom. The molecule has 1 atom stereocenters. The second-order valence-corrected chi connectivity index (χ2v) is 7.29. The first-order valence-electron chi connectivity index (χ1n) is 10.1. The Morgan fingerprint density at radius 2 is 1.89 bits per heavy atom. The number of hydrogen-bond acceptors (Lipinski definition) is 5. The first-order valence-corrected chi connectivity index (χ1v) is 10.1. The highest BCUT2D eigenvalue weighted by atomic mass is 16.5. The monoisotopic (exact) mass is 385 g/mol. The quantitative estimate of drug-likeness (QED) is 0.396. The number of nitrogens with zero attached hydrogens (tertiary/aromatic N) is 3. The molecule has 1 amide bonds. The van der Waals surface area contributed by atoms with Gasteiger partial charge in [0.1, 0.15) is 6.54 Å². The van der Waals surface area contributed by atoms with E-state index >= 15 is 0 Å². The maximum Gasteiger partial charge on any atom is 0.243 e. The summed E-state index contributed by atoms with van der Waals surface area (Å²) in [5.41, 5.74) is 0. The minimum Gasteiger partial charge on any atom is -0.379 e.